The zero-order chi connectivity index (χ0) is 12.0. The third kappa shape index (κ3) is 4.00. The Morgan fingerprint density at radius 3 is 2.56 bits per heavy atom. The summed E-state index contributed by atoms with van der Waals surface area (Å²) >= 11 is 0. The van der Waals surface area contributed by atoms with Gasteiger partial charge in [0.1, 0.15) is 5.82 Å². The van der Waals surface area contributed by atoms with Crippen molar-refractivity contribution in [3.63, 3.8) is 0 Å². The summed E-state index contributed by atoms with van der Waals surface area (Å²) in [5.41, 5.74) is 0. The molecule has 0 atom stereocenters. The number of ether oxygens (including phenoxy) is 1. The van der Waals surface area contributed by atoms with E-state index < -0.39 is 6.04 Å². The van der Waals surface area contributed by atoms with Gasteiger partial charge in [-0.3, -0.25) is 4.98 Å². The van der Waals surface area contributed by atoms with Gasteiger partial charge in [0, 0.05) is 0 Å². The molecule has 6 heteroatoms. The van der Waals surface area contributed by atoms with E-state index in [4.69, 9.17) is 14.9 Å². The molecule has 1 heterocycles. The Kier molecular flexibility index (Phi) is 4.94. The van der Waals surface area contributed by atoms with Gasteiger partial charge in [0.2, 0.25) is 5.88 Å². The van der Waals surface area contributed by atoms with E-state index in [0.717, 1.165) is 0 Å². The van der Waals surface area contributed by atoms with Gasteiger partial charge in [-0.1, -0.05) is 0 Å². The maximum Gasteiger partial charge on any atom is 0.234 e. The fourth-order valence-electron chi connectivity index (χ4n) is 1.07. The summed E-state index contributed by atoms with van der Waals surface area (Å²) in [5, 5.41) is 20.6. The fraction of sp³-hybridized carbons (Fsp3) is 0.600. The molecule has 1 aromatic rings. The molecule has 16 heavy (non-hydrogen) atoms. The van der Waals surface area contributed by atoms with Crippen molar-refractivity contribution >= 4 is 5.82 Å². The smallest absolute Gasteiger partial charge is 0.234 e. The van der Waals surface area contributed by atoms with E-state index in [2.05, 4.69) is 15.3 Å². The van der Waals surface area contributed by atoms with Crippen molar-refractivity contribution < 1.29 is 14.9 Å². The minimum absolute atomic E-state index is 0.0241. The topological polar surface area (TPSA) is 87.5 Å². The summed E-state index contributed by atoms with van der Waals surface area (Å²) in [4.78, 5) is 8.08. The Morgan fingerprint density at radius 1 is 1.31 bits per heavy atom. The first-order chi connectivity index (χ1) is 7.65. The number of aliphatic hydroxyl groups is 2. The van der Waals surface area contributed by atoms with Gasteiger partial charge < -0.3 is 20.3 Å². The molecule has 90 valence electrons. The lowest BCUT2D eigenvalue weighted by molar-refractivity contribution is 0.203. The summed E-state index contributed by atoms with van der Waals surface area (Å²) in [6.45, 7) is 3.44. The number of rotatable bonds is 6. The van der Waals surface area contributed by atoms with Crippen LogP contribution in [0, 0.1) is 0 Å². The van der Waals surface area contributed by atoms with Crippen LogP contribution in [-0.4, -0.2) is 45.5 Å². The molecule has 1 rings (SSSR count). The molecule has 0 spiro atoms. The van der Waals surface area contributed by atoms with Crippen molar-refractivity contribution in [2.24, 2.45) is 0 Å². The van der Waals surface area contributed by atoms with Crippen LogP contribution in [0.3, 0.4) is 0 Å². The van der Waals surface area contributed by atoms with E-state index >= 15 is 0 Å². The van der Waals surface area contributed by atoms with Crippen molar-refractivity contribution in [1.29, 1.82) is 0 Å². The Labute approximate surface area is 94.3 Å². The molecule has 0 aromatic carbocycles. The highest BCUT2D eigenvalue weighted by Gasteiger charge is 2.07. The average molecular weight is 227 g/mol. The number of hydrogen-bond acceptors (Lipinski definition) is 6. The second-order valence-corrected chi connectivity index (χ2v) is 3.62. The SMILES string of the molecule is CC(C)Oc1cncc(NC(CO)CO)n1. The summed E-state index contributed by atoms with van der Waals surface area (Å²) in [5.74, 6) is 0.876. The van der Waals surface area contributed by atoms with Crippen molar-refractivity contribution in [3.05, 3.63) is 12.4 Å². The molecule has 0 bridgehead atoms. The van der Waals surface area contributed by atoms with E-state index in [1.165, 1.54) is 12.4 Å². The first-order valence-electron chi connectivity index (χ1n) is 5.12. The molecular weight excluding hydrogens is 210 g/mol. The summed E-state index contributed by atoms with van der Waals surface area (Å²) in [6, 6.07) is -0.441. The summed E-state index contributed by atoms with van der Waals surface area (Å²) < 4.78 is 5.37. The van der Waals surface area contributed by atoms with Crippen LogP contribution < -0.4 is 10.1 Å². The third-order valence-electron chi connectivity index (χ3n) is 1.76. The molecule has 0 unspecified atom stereocenters. The van der Waals surface area contributed by atoms with Crippen molar-refractivity contribution in [3.8, 4) is 5.88 Å². The second kappa shape index (κ2) is 6.24. The molecule has 3 N–H and O–H groups in total. The van der Waals surface area contributed by atoms with Crippen molar-refractivity contribution in [1.82, 2.24) is 9.97 Å². The first kappa shape index (κ1) is 12.7. The van der Waals surface area contributed by atoms with Crippen LogP contribution in [0.4, 0.5) is 5.82 Å². The standard InChI is InChI=1S/C10H17N3O3/c1-7(2)16-10-4-11-3-9(13-10)12-8(5-14)6-15/h3-4,7-8,14-15H,5-6H2,1-2H3,(H,12,13). The van der Waals surface area contributed by atoms with E-state index in [1.807, 2.05) is 13.8 Å². The Balaban J connectivity index is 2.66. The Bertz CT molecular complexity index is 316. The van der Waals surface area contributed by atoms with Crippen LogP contribution in [0.25, 0.3) is 0 Å². The predicted octanol–water partition coefficient (Wildman–Crippen LogP) is 0.0289. The number of aliphatic hydroxyl groups excluding tert-OH is 2. The molecular formula is C10H17N3O3. The molecule has 0 amide bonds. The van der Waals surface area contributed by atoms with Gasteiger partial charge in [0.05, 0.1) is 37.8 Å². The second-order valence-electron chi connectivity index (χ2n) is 3.62. The number of nitrogens with zero attached hydrogens (tertiary/aromatic N) is 2. The summed E-state index contributed by atoms with van der Waals surface area (Å²) in [6.07, 6.45) is 3.04. The first-order valence-corrected chi connectivity index (χ1v) is 5.12. The lowest BCUT2D eigenvalue weighted by Crippen LogP contribution is -2.28. The average Bonchev–Trinajstić information content (AvgIpc) is 2.25. The monoisotopic (exact) mass is 227 g/mol. The quantitative estimate of drug-likeness (QED) is 0.635. The number of anilines is 1. The van der Waals surface area contributed by atoms with Gasteiger partial charge >= 0.3 is 0 Å². The predicted molar refractivity (Wildman–Crippen MR) is 59.4 cm³/mol. The maximum absolute atomic E-state index is 8.90. The normalized spacial score (nSPS) is 10.9. The van der Waals surface area contributed by atoms with Crippen LogP contribution in [0.15, 0.2) is 12.4 Å². The molecule has 0 fully saturated rings. The Morgan fingerprint density at radius 2 is 2.00 bits per heavy atom. The van der Waals surface area contributed by atoms with Gasteiger partial charge in [-0.05, 0) is 13.8 Å². The van der Waals surface area contributed by atoms with Gasteiger partial charge in [-0.2, -0.15) is 4.98 Å². The zero-order valence-electron chi connectivity index (χ0n) is 9.42. The van der Waals surface area contributed by atoms with Crippen molar-refractivity contribution in [2.75, 3.05) is 18.5 Å². The van der Waals surface area contributed by atoms with Crippen LogP contribution >= 0.6 is 0 Å². The summed E-state index contributed by atoms with van der Waals surface area (Å²) in [7, 11) is 0. The third-order valence-corrected chi connectivity index (χ3v) is 1.76. The van der Waals surface area contributed by atoms with Crippen LogP contribution in [0.1, 0.15) is 13.8 Å². The molecule has 0 aliphatic heterocycles. The van der Waals surface area contributed by atoms with Crippen molar-refractivity contribution in [2.45, 2.75) is 26.0 Å². The molecule has 6 nitrogen and oxygen atoms in total. The molecule has 0 saturated carbocycles. The Hall–Kier alpha value is -1.40. The molecule has 0 radical (unpaired) electrons. The highest BCUT2D eigenvalue weighted by atomic mass is 16.5. The van der Waals surface area contributed by atoms with E-state index in [-0.39, 0.29) is 19.3 Å². The molecule has 0 aliphatic rings. The molecule has 0 saturated heterocycles. The minimum Gasteiger partial charge on any atom is -0.474 e. The highest BCUT2D eigenvalue weighted by Crippen LogP contribution is 2.11. The van der Waals surface area contributed by atoms with Gasteiger partial charge in [-0.25, -0.2) is 0 Å². The lowest BCUT2D eigenvalue weighted by atomic mass is 10.3. The van der Waals surface area contributed by atoms with Gasteiger partial charge in [0.15, 0.2) is 0 Å². The number of nitrogens with one attached hydrogen (secondary N) is 1. The van der Waals surface area contributed by atoms with Crippen LogP contribution in [0.5, 0.6) is 5.88 Å². The fourth-order valence-corrected chi connectivity index (χ4v) is 1.07. The van der Waals surface area contributed by atoms with Gasteiger partial charge in [0.25, 0.3) is 0 Å². The van der Waals surface area contributed by atoms with E-state index in [0.29, 0.717) is 11.7 Å². The highest BCUT2D eigenvalue weighted by molar-refractivity contribution is 5.34. The van der Waals surface area contributed by atoms with E-state index in [9.17, 15) is 0 Å². The van der Waals surface area contributed by atoms with Crippen LogP contribution in [0.2, 0.25) is 0 Å². The number of hydrogen-bond donors (Lipinski definition) is 3. The number of aromatic nitrogens is 2. The maximum atomic E-state index is 8.90. The molecule has 1 aromatic heterocycles. The van der Waals surface area contributed by atoms with Gasteiger partial charge in [-0.15, -0.1) is 0 Å². The molecule has 0 aliphatic carbocycles. The zero-order valence-corrected chi connectivity index (χ0v) is 9.42. The minimum atomic E-state index is -0.441. The largest absolute Gasteiger partial charge is 0.474 e. The van der Waals surface area contributed by atoms with Crippen LogP contribution in [-0.2, 0) is 0 Å². The van der Waals surface area contributed by atoms with E-state index in [1.54, 1.807) is 0 Å². The lowest BCUT2D eigenvalue weighted by Gasteiger charge is -2.14.